The second-order valence-corrected chi connectivity index (χ2v) is 2.95. The van der Waals surface area contributed by atoms with E-state index in [0.717, 1.165) is 18.2 Å². The Balaban J connectivity index is 2.73. The van der Waals surface area contributed by atoms with Gasteiger partial charge < -0.3 is 4.90 Å². The third kappa shape index (κ3) is 2.34. The molecule has 1 aromatic rings. The first-order valence-corrected chi connectivity index (χ1v) is 4.34. The highest BCUT2D eigenvalue weighted by Crippen LogP contribution is 2.06. The monoisotopic (exact) mass is 185 g/mol. The molecule has 3 nitrogen and oxygen atoms in total. The molecule has 1 aromatic heterocycles. The van der Waals surface area contributed by atoms with Crippen molar-refractivity contribution in [3.8, 4) is 0 Å². The van der Waals surface area contributed by atoms with Gasteiger partial charge in [-0.1, -0.05) is 0 Å². The summed E-state index contributed by atoms with van der Waals surface area (Å²) in [6.45, 7) is 2.68. The van der Waals surface area contributed by atoms with E-state index in [-0.39, 0.29) is 0 Å². The fourth-order valence-electron chi connectivity index (χ4n) is 0.898. The summed E-state index contributed by atoms with van der Waals surface area (Å²) in [5, 5.41) is 0. The Bertz CT molecular complexity index is 252. The average Bonchev–Trinajstić information content (AvgIpc) is 2.05. The molecule has 12 heavy (non-hydrogen) atoms. The Morgan fingerprint density at radius 2 is 2.33 bits per heavy atom. The summed E-state index contributed by atoms with van der Waals surface area (Å²) in [4.78, 5) is 10.3. The molecule has 0 saturated heterocycles. The molecule has 0 atom stereocenters. The molecular weight excluding hydrogens is 174 g/mol. The van der Waals surface area contributed by atoms with Crippen molar-refractivity contribution in [1.29, 1.82) is 0 Å². The zero-order valence-electron chi connectivity index (χ0n) is 7.29. The Labute approximate surface area is 77.4 Å². The smallest absolute Gasteiger partial charge is 0.132 e. The first kappa shape index (κ1) is 9.26. The van der Waals surface area contributed by atoms with Gasteiger partial charge in [0.2, 0.25) is 0 Å². The van der Waals surface area contributed by atoms with Crippen LogP contribution in [0.3, 0.4) is 0 Å². The van der Waals surface area contributed by atoms with Gasteiger partial charge in [0.25, 0.3) is 0 Å². The number of nitrogens with zero attached hydrogens (tertiary/aromatic N) is 3. The summed E-state index contributed by atoms with van der Waals surface area (Å²) in [7, 11) is 1.96. The Morgan fingerprint density at radius 3 is 2.92 bits per heavy atom. The van der Waals surface area contributed by atoms with E-state index in [1.807, 2.05) is 24.9 Å². The van der Waals surface area contributed by atoms with Gasteiger partial charge in [-0.2, -0.15) is 0 Å². The molecule has 0 saturated carbocycles. The van der Waals surface area contributed by atoms with Gasteiger partial charge in [0.1, 0.15) is 11.6 Å². The molecule has 0 amide bonds. The highest BCUT2D eigenvalue weighted by molar-refractivity contribution is 6.18. The summed E-state index contributed by atoms with van der Waals surface area (Å²) in [5.74, 6) is 2.32. The summed E-state index contributed by atoms with van der Waals surface area (Å²) >= 11 is 5.60. The maximum atomic E-state index is 5.60. The molecule has 1 heterocycles. The third-order valence-electron chi connectivity index (χ3n) is 1.57. The second kappa shape index (κ2) is 4.26. The number of alkyl halides is 1. The van der Waals surface area contributed by atoms with Gasteiger partial charge in [-0.25, -0.2) is 9.97 Å². The van der Waals surface area contributed by atoms with Crippen LogP contribution in [0, 0.1) is 6.92 Å². The Morgan fingerprint density at radius 1 is 1.58 bits per heavy atom. The van der Waals surface area contributed by atoms with Crippen LogP contribution in [-0.2, 0) is 0 Å². The standard InChI is InChI=1S/C8H12ClN3/c1-7-10-5-3-8(11-7)12(2)6-4-9/h3,5H,4,6H2,1-2H3. The molecule has 0 radical (unpaired) electrons. The van der Waals surface area contributed by atoms with Crippen LogP contribution in [0.15, 0.2) is 12.3 Å². The minimum atomic E-state index is 0.611. The number of aromatic nitrogens is 2. The second-order valence-electron chi connectivity index (χ2n) is 2.57. The largest absolute Gasteiger partial charge is 0.358 e. The lowest BCUT2D eigenvalue weighted by atomic mass is 10.5. The van der Waals surface area contributed by atoms with Crippen molar-refractivity contribution in [1.82, 2.24) is 9.97 Å². The Kier molecular flexibility index (Phi) is 3.29. The maximum Gasteiger partial charge on any atom is 0.132 e. The fourth-order valence-corrected chi connectivity index (χ4v) is 1.15. The molecule has 0 spiro atoms. The number of anilines is 1. The van der Waals surface area contributed by atoms with Gasteiger partial charge in [-0.3, -0.25) is 0 Å². The first-order valence-electron chi connectivity index (χ1n) is 3.81. The number of hydrogen-bond donors (Lipinski definition) is 0. The van der Waals surface area contributed by atoms with Crippen molar-refractivity contribution in [2.75, 3.05) is 24.4 Å². The van der Waals surface area contributed by atoms with Crippen molar-refractivity contribution in [3.63, 3.8) is 0 Å². The van der Waals surface area contributed by atoms with E-state index >= 15 is 0 Å². The van der Waals surface area contributed by atoms with Crippen molar-refractivity contribution < 1.29 is 0 Å². The van der Waals surface area contributed by atoms with E-state index in [4.69, 9.17) is 11.6 Å². The highest BCUT2D eigenvalue weighted by Gasteiger charge is 2.00. The van der Waals surface area contributed by atoms with Crippen LogP contribution in [0.1, 0.15) is 5.82 Å². The van der Waals surface area contributed by atoms with E-state index in [1.165, 1.54) is 0 Å². The van der Waals surface area contributed by atoms with E-state index < -0.39 is 0 Å². The van der Waals surface area contributed by atoms with Crippen LogP contribution in [0.5, 0.6) is 0 Å². The van der Waals surface area contributed by atoms with Crippen LogP contribution in [0.25, 0.3) is 0 Å². The van der Waals surface area contributed by atoms with Gasteiger partial charge in [0, 0.05) is 25.7 Å². The average molecular weight is 186 g/mol. The van der Waals surface area contributed by atoms with E-state index in [2.05, 4.69) is 9.97 Å². The van der Waals surface area contributed by atoms with E-state index in [0.29, 0.717) is 5.88 Å². The van der Waals surface area contributed by atoms with Crippen molar-refractivity contribution in [2.45, 2.75) is 6.92 Å². The minimum absolute atomic E-state index is 0.611. The molecule has 66 valence electrons. The summed E-state index contributed by atoms with van der Waals surface area (Å²) < 4.78 is 0. The summed E-state index contributed by atoms with van der Waals surface area (Å²) in [5.41, 5.74) is 0. The summed E-state index contributed by atoms with van der Waals surface area (Å²) in [6, 6.07) is 1.87. The maximum absolute atomic E-state index is 5.60. The van der Waals surface area contributed by atoms with Crippen LogP contribution >= 0.6 is 11.6 Å². The van der Waals surface area contributed by atoms with Crippen LogP contribution < -0.4 is 4.90 Å². The fraction of sp³-hybridized carbons (Fsp3) is 0.500. The van der Waals surface area contributed by atoms with Gasteiger partial charge >= 0.3 is 0 Å². The van der Waals surface area contributed by atoms with Crippen molar-refractivity contribution >= 4 is 17.4 Å². The molecule has 0 unspecified atom stereocenters. The number of halogens is 1. The predicted molar refractivity (Wildman–Crippen MR) is 50.8 cm³/mol. The molecule has 4 heteroatoms. The molecule has 0 aromatic carbocycles. The normalized spacial score (nSPS) is 9.92. The molecule has 0 aliphatic rings. The van der Waals surface area contributed by atoms with Crippen LogP contribution in [0.4, 0.5) is 5.82 Å². The lowest BCUT2D eigenvalue weighted by Crippen LogP contribution is -2.20. The third-order valence-corrected chi connectivity index (χ3v) is 1.74. The van der Waals surface area contributed by atoms with Gasteiger partial charge in [-0.05, 0) is 13.0 Å². The number of rotatable bonds is 3. The van der Waals surface area contributed by atoms with Gasteiger partial charge in [0.05, 0.1) is 0 Å². The molecular formula is C8H12ClN3. The molecule has 1 rings (SSSR count). The molecule has 0 bridgehead atoms. The lowest BCUT2D eigenvalue weighted by molar-refractivity contribution is 0.915. The Hall–Kier alpha value is -0.830. The lowest BCUT2D eigenvalue weighted by Gasteiger charge is -2.15. The van der Waals surface area contributed by atoms with Crippen molar-refractivity contribution in [3.05, 3.63) is 18.1 Å². The van der Waals surface area contributed by atoms with E-state index in [1.54, 1.807) is 6.20 Å². The summed E-state index contributed by atoms with van der Waals surface area (Å²) in [6.07, 6.45) is 1.75. The molecule has 0 fully saturated rings. The highest BCUT2D eigenvalue weighted by atomic mass is 35.5. The minimum Gasteiger partial charge on any atom is -0.358 e. The zero-order valence-corrected chi connectivity index (χ0v) is 8.04. The van der Waals surface area contributed by atoms with Crippen LogP contribution in [0.2, 0.25) is 0 Å². The first-order chi connectivity index (χ1) is 5.74. The SMILES string of the molecule is Cc1nccc(N(C)CCCl)n1. The van der Waals surface area contributed by atoms with Gasteiger partial charge in [-0.15, -0.1) is 11.6 Å². The quantitative estimate of drug-likeness (QED) is 0.668. The number of aryl methyl sites for hydroxylation is 1. The topological polar surface area (TPSA) is 29.0 Å². The molecule has 0 aliphatic carbocycles. The zero-order chi connectivity index (χ0) is 8.97. The van der Waals surface area contributed by atoms with E-state index in [9.17, 15) is 0 Å². The van der Waals surface area contributed by atoms with Gasteiger partial charge in [0.15, 0.2) is 0 Å². The van der Waals surface area contributed by atoms with Crippen molar-refractivity contribution in [2.24, 2.45) is 0 Å². The molecule has 0 aliphatic heterocycles. The van der Waals surface area contributed by atoms with Crippen LogP contribution in [-0.4, -0.2) is 29.4 Å². The predicted octanol–water partition coefficient (Wildman–Crippen LogP) is 1.46. The number of hydrogen-bond acceptors (Lipinski definition) is 3. The molecule has 0 N–H and O–H groups in total.